The summed E-state index contributed by atoms with van der Waals surface area (Å²) in [7, 11) is 1.88. The van der Waals surface area contributed by atoms with Crippen LogP contribution in [0.4, 0.5) is 5.69 Å². The van der Waals surface area contributed by atoms with Crippen molar-refractivity contribution in [3.63, 3.8) is 0 Å². The molecular weight excluding hydrogens is 286 g/mol. The number of rotatable bonds is 4. The van der Waals surface area contributed by atoms with Gasteiger partial charge in [-0.05, 0) is 27.9 Å². The number of aryl methyl sites for hydroxylation is 1. The first kappa shape index (κ1) is 11.8. The maximum atomic E-state index is 11.3. The molecule has 0 aliphatic rings. The molecule has 0 amide bonds. The summed E-state index contributed by atoms with van der Waals surface area (Å²) in [6.45, 7) is 0.718. The van der Waals surface area contributed by atoms with Crippen LogP contribution in [-0.2, 0) is 13.5 Å². The first-order valence-corrected chi connectivity index (χ1v) is 5.90. The van der Waals surface area contributed by atoms with Gasteiger partial charge in [0.25, 0.3) is 5.56 Å². The van der Waals surface area contributed by atoms with E-state index in [0.717, 1.165) is 18.5 Å². The normalized spacial score (nSPS) is 10.5. The van der Waals surface area contributed by atoms with Crippen molar-refractivity contribution in [3.05, 3.63) is 39.0 Å². The molecule has 2 heterocycles. The number of aromatic nitrogens is 4. The Labute approximate surface area is 106 Å². The zero-order valence-electron chi connectivity index (χ0n) is 9.27. The van der Waals surface area contributed by atoms with E-state index in [1.165, 1.54) is 0 Å². The van der Waals surface area contributed by atoms with Gasteiger partial charge in [0.2, 0.25) is 0 Å². The smallest absolute Gasteiger partial charge is 0.280 e. The lowest BCUT2D eigenvalue weighted by Crippen LogP contribution is -2.13. The van der Waals surface area contributed by atoms with Crippen molar-refractivity contribution in [3.8, 4) is 0 Å². The van der Waals surface area contributed by atoms with E-state index in [1.54, 1.807) is 10.9 Å². The number of halogens is 1. The number of hydrogen-bond donors (Lipinski definition) is 2. The summed E-state index contributed by atoms with van der Waals surface area (Å²) in [6.07, 6.45) is 6.21. The van der Waals surface area contributed by atoms with E-state index in [2.05, 4.69) is 36.5 Å². The Morgan fingerprint density at radius 3 is 3.06 bits per heavy atom. The van der Waals surface area contributed by atoms with Gasteiger partial charge >= 0.3 is 0 Å². The predicted molar refractivity (Wildman–Crippen MR) is 68.0 cm³/mol. The fourth-order valence-electron chi connectivity index (χ4n) is 1.45. The van der Waals surface area contributed by atoms with Crippen LogP contribution in [0.15, 0.2) is 27.9 Å². The van der Waals surface area contributed by atoms with Gasteiger partial charge in [-0.2, -0.15) is 10.2 Å². The van der Waals surface area contributed by atoms with Gasteiger partial charge in [0.15, 0.2) is 0 Å². The number of aromatic amines is 1. The second-order valence-electron chi connectivity index (χ2n) is 3.63. The van der Waals surface area contributed by atoms with Gasteiger partial charge in [-0.25, -0.2) is 5.10 Å². The van der Waals surface area contributed by atoms with E-state index in [-0.39, 0.29) is 5.56 Å². The van der Waals surface area contributed by atoms with E-state index < -0.39 is 0 Å². The minimum atomic E-state index is -0.239. The summed E-state index contributed by atoms with van der Waals surface area (Å²) < 4.78 is 2.23. The fourth-order valence-corrected chi connectivity index (χ4v) is 1.78. The van der Waals surface area contributed by atoms with Crippen LogP contribution >= 0.6 is 15.9 Å². The van der Waals surface area contributed by atoms with Crippen LogP contribution in [0.3, 0.4) is 0 Å². The van der Waals surface area contributed by atoms with Crippen molar-refractivity contribution in [1.82, 2.24) is 20.0 Å². The number of H-pyrrole nitrogens is 1. The highest BCUT2D eigenvalue weighted by atomic mass is 79.9. The van der Waals surface area contributed by atoms with Crippen LogP contribution < -0.4 is 10.9 Å². The van der Waals surface area contributed by atoms with Gasteiger partial charge in [0.05, 0.1) is 18.1 Å². The minimum absolute atomic E-state index is 0.239. The third-order valence-corrected chi connectivity index (χ3v) is 3.07. The van der Waals surface area contributed by atoms with Gasteiger partial charge in [-0.1, -0.05) is 0 Å². The first-order chi connectivity index (χ1) is 8.16. The Morgan fingerprint density at radius 2 is 2.35 bits per heavy atom. The molecule has 0 saturated carbocycles. The molecule has 0 aromatic carbocycles. The van der Waals surface area contributed by atoms with Crippen molar-refractivity contribution in [2.24, 2.45) is 7.05 Å². The van der Waals surface area contributed by atoms with Crippen LogP contribution in [0.1, 0.15) is 5.56 Å². The zero-order chi connectivity index (χ0) is 12.3. The maximum Gasteiger partial charge on any atom is 0.280 e. The molecule has 2 rings (SSSR count). The number of anilines is 1. The molecule has 0 atom stereocenters. The van der Waals surface area contributed by atoms with Crippen LogP contribution in [0.2, 0.25) is 0 Å². The van der Waals surface area contributed by atoms with E-state index in [0.29, 0.717) is 10.2 Å². The molecule has 0 unspecified atom stereocenters. The van der Waals surface area contributed by atoms with Gasteiger partial charge in [-0.15, -0.1) is 0 Å². The average Bonchev–Trinajstić information content (AvgIpc) is 2.70. The first-order valence-electron chi connectivity index (χ1n) is 5.11. The minimum Gasteiger partial charge on any atom is -0.382 e. The van der Waals surface area contributed by atoms with E-state index in [4.69, 9.17) is 0 Å². The highest BCUT2D eigenvalue weighted by Gasteiger charge is 2.03. The van der Waals surface area contributed by atoms with Crippen molar-refractivity contribution in [2.75, 3.05) is 11.9 Å². The molecule has 0 saturated heterocycles. The molecule has 0 spiro atoms. The Balaban J connectivity index is 1.94. The summed E-state index contributed by atoms with van der Waals surface area (Å²) in [5, 5.41) is 13.3. The molecule has 2 aromatic heterocycles. The summed E-state index contributed by atoms with van der Waals surface area (Å²) in [4.78, 5) is 11.3. The summed E-state index contributed by atoms with van der Waals surface area (Å²) in [5.74, 6) is 0. The van der Waals surface area contributed by atoms with E-state index in [1.807, 2.05) is 19.4 Å². The number of nitrogens with one attached hydrogen (secondary N) is 2. The summed E-state index contributed by atoms with van der Waals surface area (Å²) in [6, 6.07) is 0. The summed E-state index contributed by atoms with van der Waals surface area (Å²) in [5.41, 5.74) is 1.60. The lowest BCUT2D eigenvalue weighted by atomic mass is 10.2. The Bertz CT molecular complexity index is 562. The van der Waals surface area contributed by atoms with E-state index >= 15 is 0 Å². The van der Waals surface area contributed by atoms with Crippen LogP contribution in [0, 0.1) is 0 Å². The molecule has 17 heavy (non-hydrogen) atoms. The Hall–Kier alpha value is -1.63. The molecule has 0 fully saturated rings. The molecule has 2 N–H and O–H groups in total. The van der Waals surface area contributed by atoms with Gasteiger partial charge in [0, 0.05) is 19.8 Å². The summed E-state index contributed by atoms with van der Waals surface area (Å²) >= 11 is 3.21. The molecule has 0 radical (unpaired) electrons. The topological polar surface area (TPSA) is 75.6 Å². The van der Waals surface area contributed by atoms with Crippen molar-refractivity contribution in [2.45, 2.75) is 6.42 Å². The molecule has 0 aliphatic heterocycles. The standard InChI is InChI=1S/C10H12BrN5O/c1-16-6-7(4-14-16)2-3-12-8-5-13-15-10(17)9(8)11/h4-6H,2-3H2,1H3,(H2,12,15,17). The van der Waals surface area contributed by atoms with Crippen LogP contribution in [-0.4, -0.2) is 26.5 Å². The van der Waals surface area contributed by atoms with Crippen molar-refractivity contribution < 1.29 is 0 Å². The van der Waals surface area contributed by atoms with Crippen molar-refractivity contribution in [1.29, 1.82) is 0 Å². The highest BCUT2D eigenvalue weighted by molar-refractivity contribution is 9.10. The Kier molecular flexibility index (Phi) is 3.58. The third kappa shape index (κ3) is 2.94. The SMILES string of the molecule is Cn1cc(CCNc2cn[nH]c(=O)c2Br)cn1. The predicted octanol–water partition coefficient (Wildman–Crippen LogP) is 0.920. The van der Waals surface area contributed by atoms with Crippen molar-refractivity contribution >= 4 is 21.6 Å². The number of hydrogen-bond acceptors (Lipinski definition) is 4. The lowest BCUT2D eigenvalue weighted by molar-refractivity contribution is 0.767. The molecule has 90 valence electrons. The second-order valence-corrected chi connectivity index (χ2v) is 4.42. The highest BCUT2D eigenvalue weighted by Crippen LogP contribution is 2.14. The monoisotopic (exact) mass is 297 g/mol. The van der Waals surface area contributed by atoms with Crippen LogP contribution in [0.5, 0.6) is 0 Å². The number of nitrogens with zero attached hydrogens (tertiary/aromatic N) is 3. The molecular formula is C10H12BrN5O. The maximum absolute atomic E-state index is 11.3. The van der Waals surface area contributed by atoms with Gasteiger partial charge in [-0.3, -0.25) is 9.48 Å². The van der Waals surface area contributed by atoms with Gasteiger partial charge < -0.3 is 5.32 Å². The largest absolute Gasteiger partial charge is 0.382 e. The molecule has 7 heteroatoms. The quantitative estimate of drug-likeness (QED) is 0.880. The zero-order valence-corrected chi connectivity index (χ0v) is 10.9. The van der Waals surface area contributed by atoms with Gasteiger partial charge in [0.1, 0.15) is 4.47 Å². The molecule has 6 nitrogen and oxygen atoms in total. The molecule has 0 bridgehead atoms. The van der Waals surface area contributed by atoms with Crippen LogP contribution in [0.25, 0.3) is 0 Å². The second kappa shape index (κ2) is 5.13. The van der Waals surface area contributed by atoms with E-state index in [9.17, 15) is 4.79 Å². The fraction of sp³-hybridized carbons (Fsp3) is 0.300. The molecule has 2 aromatic rings. The molecule has 0 aliphatic carbocycles. The lowest BCUT2D eigenvalue weighted by Gasteiger charge is -2.05. The average molecular weight is 298 g/mol. The Morgan fingerprint density at radius 1 is 1.53 bits per heavy atom. The third-order valence-electron chi connectivity index (χ3n) is 2.28.